The second-order valence-electron chi connectivity index (χ2n) is 4.97. The van der Waals surface area contributed by atoms with Crippen molar-refractivity contribution >= 4 is 0 Å². The fourth-order valence-corrected chi connectivity index (χ4v) is 2.52. The third-order valence-electron chi connectivity index (χ3n) is 3.56. The molecule has 1 aliphatic carbocycles. The second-order valence-corrected chi connectivity index (χ2v) is 4.97. The van der Waals surface area contributed by atoms with E-state index in [0.717, 1.165) is 6.04 Å². The van der Waals surface area contributed by atoms with E-state index in [2.05, 4.69) is 18.7 Å². The molecule has 0 saturated heterocycles. The molecule has 0 aromatic carbocycles. The average molecular weight is 212 g/mol. The van der Waals surface area contributed by atoms with Gasteiger partial charge in [-0.15, -0.1) is 0 Å². The molecule has 2 unspecified atom stereocenters. The lowest BCUT2D eigenvalue weighted by Gasteiger charge is -2.28. The Labute approximate surface area is 95.2 Å². The zero-order valence-electron chi connectivity index (χ0n) is 10.5. The van der Waals surface area contributed by atoms with E-state index in [9.17, 15) is 0 Å². The van der Waals surface area contributed by atoms with Crippen molar-refractivity contribution in [1.82, 2.24) is 4.90 Å². The average Bonchev–Trinajstić information content (AvgIpc) is 2.65. The summed E-state index contributed by atoms with van der Waals surface area (Å²) in [6.07, 6.45) is 9.09. The molecule has 0 aromatic heterocycles. The minimum absolute atomic E-state index is 0.473. The summed E-state index contributed by atoms with van der Waals surface area (Å²) in [6, 6.07) is 1.26. The second kappa shape index (κ2) is 7.24. The highest BCUT2D eigenvalue weighted by Crippen LogP contribution is 2.23. The summed E-state index contributed by atoms with van der Waals surface area (Å²) >= 11 is 0. The topological polar surface area (TPSA) is 29.3 Å². The van der Waals surface area contributed by atoms with Crippen LogP contribution in [-0.4, -0.2) is 30.1 Å². The zero-order chi connectivity index (χ0) is 11.1. The first-order chi connectivity index (χ1) is 7.27. The molecule has 0 spiro atoms. The zero-order valence-corrected chi connectivity index (χ0v) is 10.5. The number of hydrogen-bond donors (Lipinski definition) is 1. The van der Waals surface area contributed by atoms with Crippen molar-refractivity contribution in [3.63, 3.8) is 0 Å². The molecule has 0 radical (unpaired) electrons. The highest BCUT2D eigenvalue weighted by Gasteiger charge is 2.26. The first-order valence-electron chi connectivity index (χ1n) is 6.77. The monoisotopic (exact) mass is 212 g/mol. The van der Waals surface area contributed by atoms with Gasteiger partial charge in [0.05, 0.1) is 0 Å². The van der Waals surface area contributed by atoms with Crippen LogP contribution in [0.2, 0.25) is 0 Å². The molecule has 2 nitrogen and oxygen atoms in total. The summed E-state index contributed by atoms with van der Waals surface area (Å²) in [7, 11) is 0. The molecular weight excluding hydrogens is 184 g/mol. The fourth-order valence-electron chi connectivity index (χ4n) is 2.52. The van der Waals surface area contributed by atoms with Crippen molar-refractivity contribution < 1.29 is 0 Å². The van der Waals surface area contributed by atoms with Crippen LogP contribution in [0, 0.1) is 0 Å². The Morgan fingerprint density at radius 3 is 2.07 bits per heavy atom. The van der Waals surface area contributed by atoms with Crippen LogP contribution in [0.5, 0.6) is 0 Å². The Hall–Kier alpha value is -0.0800. The summed E-state index contributed by atoms with van der Waals surface area (Å²) in [5, 5.41) is 0. The minimum atomic E-state index is 0.473. The smallest absolute Gasteiger partial charge is 0.0111 e. The maximum atomic E-state index is 5.99. The largest absolute Gasteiger partial charge is 0.328 e. The van der Waals surface area contributed by atoms with Crippen molar-refractivity contribution in [2.75, 3.05) is 13.1 Å². The maximum absolute atomic E-state index is 5.99. The summed E-state index contributed by atoms with van der Waals surface area (Å²) in [5.41, 5.74) is 5.99. The Kier molecular flexibility index (Phi) is 6.26. The SMILES string of the molecule is CCCCN(CCCC)C1CCC(N)C1. The summed E-state index contributed by atoms with van der Waals surface area (Å²) < 4.78 is 0. The van der Waals surface area contributed by atoms with Crippen LogP contribution in [0.15, 0.2) is 0 Å². The van der Waals surface area contributed by atoms with Gasteiger partial charge in [-0.2, -0.15) is 0 Å². The van der Waals surface area contributed by atoms with Gasteiger partial charge in [0.1, 0.15) is 0 Å². The van der Waals surface area contributed by atoms with Gasteiger partial charge in [0.15, 0.2) is 0 Å². The molecule has 0 aliphatic heterocycles. The van der Waals surface area contributed by atoms with Crippen LogP contribution in [0.3, 0.4) is 0 Å². The highest BCUT2D eigenvalue weighted by molar-refractivity contribution is 4.84. The molecule has 1 saturated carbocycles. The molecule has 1 aliphatic rings. The first-order valence-corrected chi connectivity index (χ1v) is 6.77. The maximum Gasteiger partial charge on any atom is 0.0111 e. The van der Waals surface area contributed by atoms with Gasteiger partial charge in [-0.25, -0.2) is 0 Å². The standard InChI is InChI=1S/C13H28N2/c1-3-5-9-15(10-6-4-2)13-8-7-12(14)11-13/h12-13H,3-11,14H2,1-2H3. The van der Waals surface area contributed by atoms with Crippen LogP contribution in [0.25, 0.3) is 0 Å². The van der Waals surface area contributed by atoms with E-state index in [1.54, 1.807) is 0 Å². The van der Waals surface area contributed by atoms with Gasteiger partial charge in [-0.3, -0.25) is 0 Å². The molecule has 2 heteroatoms. The van der Waals surface area contributed by atoms with Gasteiger partial charge in [-0.1, -0.05) is 26.7 Å². The Morgan fingerprint density at radius 1 is 1.07 bits per heavy atom. The van der Waals surface area contributed by atoms with E-state index in [4.69, 9.17) is 5.73 Å². The first kappa shape index (κ1) is 13.0. The molecule has 1 fully saturated rings. The summed E-state index contributed by atoms with van der Waals surface area (Å²) in [4.78, 5) is 2.69. The lowest BCUT2D eigenvalue weighted by atomic mass is 10.1. The molecule has 1 rings (SSSR count). The van der Waals surface area contributed by atoms with Gasteiger partial charge in [-0.05, 0) is 45.2 Å². The highest BCUT2D eigenvalue weighted by atomic mass is 15.2. The molecule has 2 N–H and O–H groups in total. The van der Waals surface area contributed by atoms with E-state index in [1.807, 2.05) is 0 Å². The lowest BCUT2D eigenvalue weighted by Crippen LogP contribution is -2.36. The van der Waals surface area contributed by atoms with Crippen molar-refractivity contribution in [2.24, 2.45) is 5.73 Å². The van der Waals surface area contributed by atoms with Gasteiger partial charge in [0, 0.05) is 12.1 Å². The number of unbranched alkanes of at least 4 members (excludes halogenated alkanes) is 2. The van der Waals surface area contributed by atoms with Crippen LogP contribution < -0.4 is 5.73 Å². The molecule has 2 atom stereocenters. The molecular formula is C13H28N2. The Morgan fingerprint density at radius 2 is 1.67 bits per heavy atom. The van der Waals surface area contributed by atoms with Crippen LogP contribution in [0.4, 0.5) is 0 Å². The molecule has 0 heterocycles. The third-order valence-corrected chi connectivity index (χ3v) is 3.56. The Balaban J connectivity index is 2.32. The van der Waals surface area contributed by atoms with E-state index < -0.39 is 0 Å². The predicted octanol–water partition coefficient (Wildman–Crippen LogP) is 2.77. The number of rotatable bonds is 7. The van der Waals surface area contributed by atoms with Gasteiger partial charge in [0.2, 0.25) is 0 Å². The van der Waals surface area contributed by atoms with E-state index in [0.29, 0.717) is 6.04 Å². The van der Waals surface area contributed by atoms with Crippen LogP contribution in [0.1, 0.15) is 58.8 Å². The molecule has 90 valence electrons. The molecule has 0 bridgehead atoms. The van der Waals surface area contributed by atoms with Crippen molar-refractivity contribution in [3.05, 3.63) is 0 Å². The molecule has 15 heavy (non-hydrogen) atoms. The van der Waals surface area contributed by atoms with E-state index >= 15 is 0 Å². The van der Waals surface area contributed by atoms with Crippen molar-refractivity contribution in [2.45, 2.75) is 70.9 Å². The number of nitrogens with zero attached hydrogens (tertiary/aromatic N) is 1. The quantitative estimate of drug-likeness (QED) is 0.703. The van der Waals surface area contributed by atoms with E-state index in [-0.39, 0.29) is 0 Å². The fraction of sp³-hybridized carbons (Fsp3) is 1.00. The third kappa shape index (κ3) is 4.52. The molecule has 0 amide bonds. The van der Waals surface area contributed by atoms with Crippen LogP contribution in [-0.2, 0) is 0 Å². The number of hydrogen-bond acceptors (Lipinski definition) is 2. The lowest BCUT2D eigenvalue weighted by molar-refractivity contribution is 0.191. The molecule has 0 aromatic rings. The predicted molar refractivity (Wildman–Crippen MR) is 67.0 cm³/mol. The van der Waals surface area contributed by atoms with Gasteiger partial charge < -0.3 is 10.6 Å². The Bertz CT molecular complexity index is 151. The minimum Gasteiger partial charge on any atom is -0.328 e. The van der Waals surface area contributed by atoms with Gasteiger partial charge in [0.25, 0.3) is 0 Å². The summed E-state index contributed by atoms with van der Waals surface area (Å²) in [6.45, 7) is 7.12. The number of nitrogens with two attached hydrogens (primary N) is 1. The summed E-state index contributed by atoms with van der Waals surface area (Å²) in [5.74, 6) is 0. The normalized spacial score (nSPS) is 26.4. The van der Waals surface area contributed by atoms with Crippen LogP contribution >= 0.6 is 0 Å². The van der Waals surface area contributed by atoms with Crippen molar-refractivity contribution in [3.8, 4) is 0 Å². The van der Waals surface area contributed by atoms with Crippen molar-refractivity contribution in [1.29, 1.82) is 0 Å². The van der Waals surface area contributed by atoms with Gasteiger partial charge >= 0.3 is 0 Å². The van der Waals surface area contributed by atoms with E-state index in [1.165, 1.54) is 58.0 Å².